The lowest BCUT2D eigenvalue weighted by Gasteiger charge is -2.44. The number of nitrogens with one attached hydrogen (secondary N) is 2. The smallest absolute Gasteiger partial charge is 0.413 e. The number of aryl methyl sites for hydroxylation is 1. The Morgan fingerprint density at radius 1 is 1.05 bits per heavy atom. The largest absolute Gasteiger partial charge is 0.459 e. The van der Waals surface area contributed by atoms with Gasteiger partial charge in [0, 0.05) is 11.1 Å². The Morgan fingerprint density at radius 3 is 2.37 bits per heavy atom. The highest BCUT2D eigenvalue weighted by atomic mass is 32.1. The number of hydrogen-bond donors (Lipinski definition) is 2. The molecule has 0 unspecified atom stereocenters. The Labute approximate surface area is 243 Å². The summed E-state index contributed by atoms with van der Waals surface area (Å²) < 4.78 is 10.8. The predicted octanol–water partition coefficient (Wildman–Crippen LogP) is 5.46. The lowest BCUT2D eigenvalue weighted by atomic mass is 9.83. The number of benzene rings is 2. The molecule has 0 saturated carbocycles. The van der Waals surface area contributed by atoms with Gasteiger partial charge >= 0.3 is 18.1 Å². The first-order valence-electron chi connectivity index (χ1n) is 13.4. The first kappa shape index (κ1) is 29.7. The Morgan fingerprint density at radius 2 is 1.71 bits per heavy atom. The number of imide groups is 1. The molecule has 216 valence electrons. The summed E-state index contributed by atoms with van der Waals surface area (Å²) in [6.07, 6.45) is 1.72. The van der Waals surface area contributed by atoms with Gasteiger partial charge in [-0.25, -0.2) is 24.3 Å². The molecule has 0 spiro atoms. The van der Waals surface area contributed by atoms with Crippen molar-refractivity contribution >= 4 is 40.5 Å². The number of anilines is 1. The van der Waals surface area contributed by atoms with E-state index in [4.69, 9.17) is 9.47 Å². The second-order valence-corrected chi connectivity index (χ2v) is 11.8. The van der Waals surface area contributed by atoms with Crippen molar-refractivity contribution in [2.24, 2.45) is 5.92 Å². The lowest BCUT2D eigenvalue weighted by molar-refractivity contribution is -0.170. The van der Waals surface area contributed by atoms with Gasteiger partial charge in [-0.3, -0.25) is 10.1 Å². The number of carbonyl (C=O) groups excluding carboxylic acids is 4. The van der Waals surface area contributed by atoms with Gasteiger partial charge in [0.1, 0.15) is 12.2 Å². The van der Waals surface area contributed by atoms with Gasteiger partial charge in [0.2, 0.25) is 5.91 Å². The fourth-order valence-corrected chi connectivity index (χ4v) is 5.20. The fraction of sp³-hybridized carbons (Fsp3) is 0.367. The number of nitrogens with zero attached hydrogens (tertiary/aromatic N) is 2. The van der Waals surface area contributed by atoms with Crippen LogP contribution < -0.4 is 10.6 Å². The van der Waals surface area contributed by atoms with Crippen LogP contribution in [0.3, 0.4) is 0 Å². The Balaban J connectivity index is 1.42. The molecule has 1 aliphatic heterocycles. The molecule has 3 aromatic rings. The minimum Gasteiger partial charge on any atom is -0.459 e. The van der Waals surface area contributed by atoms with Gasteiger partial charge in [-0.2, -0.15) is 0 Å². The fourth-order valence-electron chi connectivity index (χ4n) is 4.39. The molecule has 1 fully saturated rings. The van der Waals surface area contributed by atoms with E-state index in [0.29, 0.717) is 18.0 Å². The maximum atomic E-state index is 13.2. The summed E-state index contributed by atoms with van der Waals surface area (Å²) in [5.41, 5.74) is 1.02. The van der Waals surface area contributed by atoms with E-state index in [-0.39, 0.29) is 12.6 Å². The summed E-state index contributed by atoms with van der Waals surface area (Å²) in [4.78, 5) is 57.6. The van der Waals surface area contributed by atoms with Crippen LogP contribution in [0.4, 0.5) is 14.7 Å². The van der Waals surface area contributed by atoms with Gasteiger partial charge in [0.15, 0.2) is 11.2 Å². The molecular weight excluding hydrogens is 544 g/mol. The second-order valence-electron chi connectivity index (χ2n) is 10.7. The molecule has 2 N–H and O–H groups in total. The van der Waals surface area contributed by atoms with Crippen LogP contribution >= 0.6 is 11.3 Å². The van der Waals surface area contributed by atoms with E-state index in [1.54, 1.807) is 27.0 Å². The average molecular weight is 579 g/mol. The molecule has 11 heteroatoms. The Kier molecular flexibility index (Phi) is 9.38. The van der Waals surface area contributed by atoms with Crippen molar-refractivity contribution < 1.29 is 28.7 Å². The van der Waals surface area contributed by atoms with Crippen LogP contribution in [0.5, 0.6) is 0 Å². The molecule has 1 aromatic heterocycles. The summed E-state index contributed by atoms with van der Waals surface area (Å²) in [5, 5.41) is 5.78. The first-order chi connectivity index (χ1) is 19.5. The van der Waals surface area contributed by atoms with Crippen molar-refractivity contribution in [2.45, 2.75) is 64.8 Å². The number of likely N-dealkylation sites (tertiary alicyclic amines) is 1. The van der Waals surface area contributed by atoms with Crippen molar-refractivity contribution in [1.29, 1.82) is 0 Å². The number of thiazole rings is 1. The zero-order valence-electron chi connectivity index (χ0n) is 23.5. The van der Waals surface area contributed by atoms with Gasteiger partial charge in [-0.05, 0) is 51.7 Å². The van der Waals surface area contributed by atoms with Gasteiger partial charge in [0.25, 0.3) is 0 Å². The highest BCUT2D eigenvalue weighted by Gasteiger charge is 2.55. The van der Waals surface area contributed by atoms with Crippen molar-refractivity contribution in [2.75, 3.05) is 5.32 Å². The van der Waals surface area contributed by atoms with Crippen molar-refractivity contribution in [3.63, 3.8) is 0 Å². The molecule has 4 rings (SSSR count). The molecule has 0 aliphatic carbocycles. The standard InChI is InChI=1S/C30H34N4O6S/c1-19(21-13-9-6-10-14-21)32-28(37)34-24(26(36)39-18-20-11-7-5-8-12-20)23(25(34)35)16-15-22-17-31-27(41-22)33-29(38)40-30(2,3)4/h5-14,17,19,23-24H,15-16,18H2,1-4H3,(H,32,37)(H,31,33,38)/t19-,23-,24+/m1/s1. The Bertz CT molecular complexity index is 1370. The molecule has 10 nitrogen and oxygen atoms in total. The average Bonchev–Trinajstić information content (AvgIpc) is 3.37. The van der Waals surface area contributed by atoms with Crippen molar-refractivity contribution in [3.8, 4) is 0 Å². The van der Waals surface area contributed by atoms with E-state index in [0.717, 1.165) is 20.9 Å². The summed E-state index contributed by atoms with van der Waals surface area (Å²) in [6, 6.07) is 16.5. The van der Waals surface area contributed by atoms with Crippen LogP contribution in [0.2, 0.25) is 0 Å². The van der Waals surface area contributed by atoms with Crippen LogP contribution in [0, 0.1) is 5.92 Å². The van der Waals surface area contributed by atoms with Crippen LogP contribution in [-0.2, 0) is 32.1 Å². The monoisotopic (exact) mass is 578 g/mol. The minimum absolute atomic E-state index is 0.0293. The highest BCUT2D eigenvalue weighted by molar-refractivity contribution is 7.15. The van der Waals surface area contributed by atoms with Crippen LogP contribution in [0.15, 0.2) is 66.9 Å². The molecule has 1 saturated heterocycles. The number of amides is 4. The quantitative estimate of drug-likeness (QED) is 0.255. The molecule has 41 heavy (non-hydrogen) atoms. The second kappa shape index (κ2) is 12.9. The van der Waals surface area contributed by atoms with E-state index in [1.165, 1.54) is 11.3 Å². The van der Waals surface area contributed by atoms with Gasteiger partial charge in [-0.15, -0.1) is 11.3 Å². The van der Waals surface area contributed by atoms with Crippen molar-refractivity contribution in [1.82, 2.24) is 15.2 Å². The molecule has 0 radical (unpaired) electrons. The van der Waals surface area contributed by atoms with E-state index in [1.807, 2.05) is 67.6 Å². The number of carbonyl (C=O) groups is 4. The van der Waals surface area contributed by atoms with E-state index < -0.39 is 41.6 Å². The Hall–Kier alpha value is -4.25. The number of rotatable bonds is 9. The highest BCUT2D eigenvalue weighted by Crippen LogP contribution is 2.34. The number of esters is 1. The lowest BCUT2D eigenvalue weighted by Crippen LogP contribution is -2.68. The summed E-state index contributed by atoms with van der Waals surface area (Å²) in [6.45, 7) is 7.14. The van der Waals surface area contributed by atoms with Crippen LogP contribution in [0.25, 0.3) is 0 Å². The van der Waals surface area contributed by atoms with Gasteiger partial charge in [-0.1, -0.05) is 60.7 Å². The van der Waals surface area contributed by atoms with E-state index >= 15 is 0 Å². The van der Waals surface area contributed by atoms with E-state index in [2.05, 4.69) is 15.6 Å². The maximum absolute atomic E-state index is 13.2. The third kappa shape index (κ3) is 7.91. The van der Waals surface area contributed by atoms with Crippen molar-refractivity contribution in [3.05, 3.63) is 82.9 Å². The molecule has 2 aromatic carbocycles. The maximum Gasteiger partial charge on any atom is 0.413 e. The molecule has 3 atom stereocenters. The molecule has 1 aliphatic rings. The topological polar surface area (TPSA) is 127 Å². The normalized spacial score (nSPS) is 17.3. The third-order valence-corrected chi connectivity index (χ3v) is 7.37. The molecule has 0 bridgehead atoms. The zero-order valence-corrected chi connectivity index (χ0v) is 24.3. The third-order valence-electron chi connectivity index (χ3n) is 6.40. The molecule has 2 heterocycles. The number of urea groups is 1. The minimum atomic E-state index is -1.05. The summed E-state index contributed by atoms with van der Waals surface area (Å²) in [5.74, 6) is -1.82. The zero-order chi connectivity index (χ0) is 29.6. The number of hydrogen-bond acceptors (Lipinski definition) is 8. The van der Waals surface area contributed by atoms with E-state index in [9.17, 15) is 19.2 Å². The number of aromatic nitrogens is 1. The van der Waals surface area contributed by atoms with Crippen LogP contribution in [-0.4, -0.2) is 45.5 Å². The first-order valence-corrected chi connectivity index (χ1v) is 14.2. The molecular formula is C30H34N4O6S. The number of ether oxygens (including phenoxy) is 2. The SMILES string of the molecule is C[C@@H](NC(=O)N1C(=O)[C@H](CCc2cnc(NC(=O)OC(C)(C)C)s2)[C@H]1C(=O)OCc1ccccc1)c1ccccc1. The summed E-state index contributed by atoms with van der Waals surface area (Å²) >= 11 is 1.25. The number of β-lactam (4-membered cyclic amide) rings is 1. The molecule has 4 amide bonds. The summed E-state index contributed by atoms with van der Waals surface area (Å²) in [7, 11) is 0. The predicted molar refractivity (Wildman–Crippen MR) is 154 cm³/mol. The van der Waals surface area contributed by atoms with Gasteiger partial charge < -0.3 is 14.8 Å². The van der Waals surface area contributed by atoms with Gasteiger partial charge in [0.05, 0.1) is 12.0 Å². The van der Waals surface area contributed by atoms with Crippen LogP contribution in [0.1, 0.15) is 56.2 Å².